The van der Waals surface area contributed by atoms with Gasteiger partial charge >= 0.3 is 0 Å². The summed E-state index contributed by atoms with van der Waals surface area (Å²) in [7, 11) is 0. The molecule has 0 saturated carbocycles. The average Bonchev–Trinajstić information content (AvgIpc) is 3.21. The molecule has 8 heteroatoms. The fourth-order valence-electron chi connectivity index (χ4n) is 2.91. The Labute approximate surface area is 133 Å². The van der Waals surface area contributed by atoms with E-state index in [0.29, 0.717) is 11.6 Å². The summed E-state index contributed by atoms with van der Waals surface area (Å²) in [4.78, 5) is 6.75. The number of nitrogens with zero attached hydrogens (tertiary/aromatic N) is 7. The van der Waals surface area contributed by atoms with Crippen LogP contribution >= 0.6 is 0 Å². The molecule has 118 valence electrons. The normalized spacial score (nSPS) is 17.8. The summed E-state index contributed by atoms with van der Waals surface area (Å²) < 4.78 is 1.47. The number of anilines is 2. The van der Waals surface area contributed by atoms with Crippen molar-refractivity contribution in [2.75, 3.05) is 29.9 Å². The van der Waals surface area contributed by atoms with Gasteiger partial charge in [0.05, 0.1) is 0 Å². The van der Waals surface area contributed by atoms with E-state index in [2.05, 4.69) is 35.8 Å². The van der Waals surface area contributed by atoms with Gasteiger partial charge in [0, 0.05) is 25.3 Å². The van der Waals surface area contributed by atoms with Crippen LogP contribution in [0, 0.1) is 12.8 Å². The quantitative estimate of drug-likeness (QED) is 0.774. The van der Waals surface area contributed by atoms with Gasteiger partial charge in [0.15, 0.2) is 11.5 Å². The van der Waals surface area contributed by atoms with Crippen molar-refractivity contribution in [3.05, 3.63) is 36.0 Å². The molecule has 3 aromatic rings. The van der Waals surface area contributed by atoms with Crippen molar-refractivity contribution >= 4 is 17.3 Å². The fraction of sp³-hybridized carbons (Fsp3) is 0.400. The molecule has 1 fully saturated rings. The van der Waals surface area contributed by atoms with E-state index in [1.54, 1.807) is 0 Å². The van der Waals surface area contributed by atoms with E-state index >= 15 is 0 Å². The van der Waals surface area contributed by atoms with Crippen LogP contribution in [0.15, 0.2) is 30.3 Å². The van der Waals surface area contributed by atoms with Crippen LogP contribution < -0.4 is 10.2 Å². The van der Waals surface area contributed by atoms with Crippen LogP contribution in [0.25, 0.3) is 5.65 Å². The van der Waals surface area contributed by atoms with E-state index in [0.717, 1.165) is 43.4 Å². The van der Waals surface area contributed by atoms with Crippen molar-refractivity contribution in [3.8, 4) is 0 Å². The van der Waals surface area contributed by atoms with E-state index in [1.807, 2.05) is 37.3 Å². The molecule has 1 aliphatic heterocycles. The monoisotopic (exact) mass is 310 g/mol. The summed E-state index contributed by atoms with van der Waals surface area (Å²) in [6.07, 6.45) is 1.13. The highest BCUT2D eigenvalue weighted by Gasteiger charge is 2.24. The largest absolute Gasteiger partial charge is 0.370 e. The van der Waals surface area contributed by atoms with Crippen LogP contribution in [0.3, 0.4) is 0 Å². The van der Waals surface area contributed by atoms with Gasteiger partial charge in [0.2, 0.25) is 0 Å². The van der Waals surface area contributed by atoms with Gasteiger partial charge in [-0.1, -0.05) is 6.07 Å². The third-order valence-electron chi connectivity index (χ3n) is 4.13. The van der Waals surface area contributed by atoms with Gasteiger partial charge in [-0.15, -0.1) is 14.8 Å². The number of hydrogen-bond acceptors (Lipinski definition) is 7. The number of fused-ring (bicyclic) bond motifs is 1. The fourth-order valence-corrected chi connectivity index (χ4v) is 2.91. The minimum atomic E-state index is 0.573. The summed E-state index contributed by atoms with van der Waals surface area (Å²) >= 11 is 0. The maximum atomic E-state index is 4.48. The SMILES string of the molecule is Cc1cccc(NCC2CCN(c3ccc4nnnn4n3)C2)n1. The first-order chi connectivity index (χ1) is 11.3. The summed E-state index contributed by atoms with van der Waals surface area (Å²) in [5.41, 5.74) is 1.69. The van der Waals surface area contributed by atoms with E-state index < -0.39 is 0 Å². The van der Waals surface area contributed by atoms with Gasteiger partial charge in [-0.25, -0.2) is 4.98 Å². The number of nitrogens with one attached hydrogen (secondary N) is 1. The molecule has 4 rings (SSSR count). The van der Waals surface area contributed by atoms with E-state index in [9.17, 15) is 0 Å². The number of aromatic nitrogens is 6. The van der Waals surface area contributed by atoms with Crippen LogP contribution in [-0.2, 0) is 0 Å². The first-order valence-electron chi connectivity index (χ1n) is 7.76. The molecule has 0 bridgehead atoms. The Morgan fingerprint density at radius 1 is 1.26 bits per heavy atom. The standard InChI is InChI=1S/C15H18N8/c1-11-3-2-4-13(17-11)16-9-12-7-8-22(10-12)15-6-5-14-18-20-21-23(14)19-15/h2-6,12H,7-10H2,1H3,(H,16,17). The molecule has 4 heterocycles. The first-order valence-corrected chi connectivity index (χ1v) is 7.76. The second kappa shape index (κ2) is 5.79. The molecule has 0 aromatic carbocycles. The summed E-state index contributed by atoms with van der Waals surface area (Å²) in [6, 6.07) is 9.90. The Balaban J connectivity index is 1.38. The molecule has 0 radical (unpaired) electrons. The molecule has 1 unspecified atom stereocenters. The summed E-state index contributed by atoms with van der Waals surface area (Å²) in [5.74, 6) is 2.43. The van der Waals surface area contributed by atoms with Crippen LogP contribution in [0.1, 0.15) is 12.1 Å². The van der Waals surface area contributed by atoms with Gasteiger partial charge in [0.25, 0.3) is 0 Å². The zero-order valence-corrected chi connectivity index (χ0v) is 12.9. The highest BCUT2D eigenvalue weighted by molar-refractivity contribution is 5.45. The molecule has 1 aliphatic rings. The Hall–Kier alpha value is -2.77. The minimum Gasteiger partial charge on any atom is -0.370 e. The molecule has 0 spiro atoms. The number of hydrogen-bond donors (Lipinski definition) is 1. The number of rotatable bonds is 4. The molecule has 0 aliphatic carbocycles. The smallest absolute Gasteiger partial charge is 0.200 e. The Bertz CT molecular complexity index is 814. The van der Waals surface area contributed by atoms with Crippen molar-refractivity contribution in [1.82, 2.24) is 30.2 Å². The number of tetrazole rings is 1. The zero-order valence-electron chi connectivity index (χ0n) is 12.9. The highest BCUT2D eigenvalue weighted by Crippen LogP contribution is 2.22. The Kier molecular flexibility index (Phi) is 3.49. The summed E-state index contributed by atoms with van der Waals surface area (Å²) in [5, 5.41) is 19.2. The van der Waals surface area contributed by atoms with Gasteiger partial charge in [0.1, 0.15) is 5.82 Å². The molecule has 23 heavy (non-hydrogen) atoms. The maximum absolute atomic E-state index is 4.48. The van der Waals surface area contributed by atoms with Crippen molar-refractivity contribution in [1.29, 1.82) is 0 Å². The molecular weight excluding hydrogens is 292 g/mol. The lowest BCUT2D eigenvalue weighted by molar-refractivity contribution is 0.619. The van der Waals surface area contributed by atoms with Gasteiger partial charge in [-0.2, -0.15) is 0 Å². The Morgan fingerprint density at radius 2 is 2.22 bits per heavy atom. The second-order valence-electron chi connectivity index (χ2n) is 5.86. The van der Waals surface area contributed by atoms with Crippen LogP contribution in [0.5, 0.6) is 0 Å². The topological polar surface area (TPSA) is 84.1 Å². The molecule has 3 aromatic heterocycles. The molecule has 1 atom stereocenters. The maximum Gasteiger partial charge on any atom is 0.200 e. The second-order valence-corrected chi connectivity index (χ2v) is 5.86. The van der Waals surface area contributed by atoms with Crippen molar-refractivity contribution < 1.29 is 0 Å². The van der Waals surface area contributed by atoms with Crippen molar-refractivity contribution in [3.63, 3.8) is 0 Å². The van der Waals surface area contributed by atoms with Crippen LogP contribution in [0.2, 0.25) is 0 Å². The summed E-state index contributed by atoms with van der Waals surface area (Å²) in [6.45, 7) is 4.89. The average molecular weight is 310 g/mol. The first kappa shape index (κ1) is 13.9. The molecular formula is C15H18N8. The lowest BCUT2D eigenvalue weighted by Crippen LogP contribution is -2.24. The zero-order chi connectivity index (χ0) is 15.6. The predicted octanol–water partition coefficient (Wildman–Crippen LogP) is 1.16. The predicted molar refractivity (Wildman–Crippen MR) is 86.4 cm³/mol. The van der Waals surface area contributed by atoms with Crippen LogP contribution in [0.4, 0.5) is 11.6 Å². The highest BCUT2D eigenvalue weighted by atomic mass is 15.6. The molecule has 1 saturated heterocycles. The molecule has 8 nitrogen and oxygen atoms in total. The third kappa shape index (κ3) is 2.92. The minimum absolute atomic E-state index is 0.573. The van der Waals surface area contributed by atoms with E-state index in [-0.39, 0.29) is 0 Å². The van der Waals surface area contributed by atoms with E-state index in [4.69, 9.17) is 0 Å². The lowest BCUT2D eigenvalue weighted by Gasteiger charge is -2.17. The van der Waals surface area contributed by atoms with Crippen molar-refractivity contribution in [2.45, 2.75) is 13.3 Å². The van der Waals surface area contributed by atoms with Crippen LogP contribution in [-0.4, -0.2) is 49.9 Å². The Morgan fingerprint density at radius 3 is 3.13 bits per heavy atom. The van der Waals surface area contributed by atoms with Gasteiger partial charge in [-0.05, 0) is 54.0 Å². The molecule has 1 N–H and O–H groups in total. The number of aryl methyl sites for hydroxylation is 1. The van der Waals surface area contributed by atoms with Gasteiger partial charge < -0.3 is 10.2 Å². The number of pyridine rings is 1. The molecule has 0 amide bonds. The third-order valence-corrected chi connectivity index (χ3v) is 4.13. The van der Waals surface area contributed by atoms with Crippen molar-refractivity contribution in [2.24, 2.45) is 5.92 Å². The van der Waals surface area contributed by atoms with Gasteiger partial charge in [-0.3, -0.25) is 0 Å². The lowest BCUT2D eigenvalue weighted by atomic mass is 10.1. The van der Waals surface area contributed by atoms with E-state index in [1.165, 1.54) is 4.63 Å².